The maximum atomic E-state index is 14.5. The van der Waals surface area contributed by atoms with Crippen molar-refractivity contribution >= 4 is 50.7 Å². The number of hydrogen-bond donors (Lipinski definition) is 1. The van der Waals surface area contributed by atoms with E-state index in [1.165, 1.54) is 36.3 Å². The Morgan fingerprint density at radius 1 is 0.844 bits per heavy atom. The second-order valence-corrected chi connectivity index (χ2v) is 13.3. The number of carbonyl (C=O) groups is 2. The Morgan fingerprint density at radius 3 is 2.11 bits per heavy atom. The Labute approximate surface area is 274 Å². The fourth-order valence-corrected chi connectivity index (χ4v) is 6.71. The number of benzene rings is 4. The van der Waals surface area contributed by atoms with Gasteiger partial charge in [0.15, 0.2) is 0 Å². The van der Waals surface area contributed by atoms with Crippen LogP contribution in [0, 0.1) is 0 Å². The van der Waals surface area contributed by atoms with Crippen LogP contribution in [0.1, 0.15) is 25.0 Å². The quantitative estimate of drug-likeness (QED) is 0.179. The normalized spacial score (nSPS) is 12.0. The molecule has 0 heterocycles. The van der Waals surface area contributed by atoms with Crippen molar-refractivity contribution in [1.82, 2.24) is 10.2 Å². The Bertz CT molecular complexity index is 1720. The average molecular weight is 669 g/mol. The molecule has 0 unspecified atom stereocenters. The topological polar surface area (TPSA) is 96.0 Å². The van der Waals surface area contributed by atoms with E-state index in [1.54, 1.807) is 42.5 Å². The molecule has 0 fully saturated rings. The van der Waals surface area contributed by atoms with Gasteiger partial charge in [0.2, 0.25) is 11.8 Å². The molecule has 0 saturated heterocycles. The largest absolute Gasteiger partial charge is 0.497 e. The summed E-state index contributed by atoms with van der Waals surface area (Å²) in [6, 6.07) is 27.6. The van der Waals surface area contributed by atoms with Crippen LogP contribution >= 0.6 is 23.2 Å². The van der Waals surface area contributed by atoms with Gasteiger partial charge < -0.3 is 15.0 Å². The molecule has 1 atom stereocenters. The predicted molar refractivity (Wildman–Crippen MR) is 178 cm³/mol. The van der Waals surface area contributed by atoms with Crippen LogP contribution in [-0.2, 0) is 32.6 Å². The third-order valence-electron chi connectivity index (χ3n) is 7.00. The van der Waals surface area contributed by atoms with Crippen molar-refractivity contribution in [2.45, 2.75) is 43.8 Å². The van der Waals surface area contributed by atoms with Gasteiger partial charge in [0.25, 0.3) is 10.0 Å². The Hall–Kier alpha value is -4.05. The standard InChI is InChI=1S/C34H35Cl2N3O5S/c1-24(2)37-34(41)31(21-25-12-6-4-7-13-25)38(22-26-14-10-15-27(20-26)44-3)32(40)23-39(30-19-11-18-29(35)33(30)36)45(42,43)28-16-8-5-9-17-28/h4-20,24,31H,21-23H2,1-3H3,(H,37,41)/t31-/m0/s1. The Balaban J connectivity index is 1.84. The summed E-state index contributed by atoms with van der Waals surface area (Å²) >= 11 is 12.9. The summed E-state index contributed by atoms with van der Waals surface area (Å²) < 4.78 is 34.5. The van der Waals surface area contributed by atoms with E-state index in [4.69, 9.17) is 27.9 Å². The lowest BCUT2D eigenvalue weighted by molar-refractivity contribution is -0.140. The van der Waals surface area contributed by atoms with Gasteiger partial charge in [-0.1, -0.05) is 89.9 Å². The van der Waals surface area contributed by atoms with Crippen LogP contribution < -0.4 is 14.4 Å². The van der Waals surface area contributed by atoms with Crippen LogP contribution in [-0.4, -0.2) is 50.9 Å². The summed E-state index contributed by atoms with van der Waals surface area (Å²) in [6.07, 6.45) is 0.193. The highest BCUT2D eigenvalue weighted by atomic mass is 35.5. The molecule has 0 saturated carbocycles. The van der Waals surface area contributed by atoms with Gasteiger partial charge in [-0.3, -0.25) is 13.9 Å². The zero-order valence-electron chi connectivity index (χ0n) is 25.2. The van der Waals surface area contributed by atoms with Crippen molar-refractivity contribution < 1.29 is 22.7 Å². The molecule has 0 bridgehead atoms. The minimum absolute atomic E-state index is 0.00154. The van der Waals surface area contributed by atoms with Crippen molar-refractivity contribution in [3.63, 3.8) is 0 Å². The molecule has 0 aliphatic carbocycles. The number of ether oxygens (including phenoxy) is 1. The first-order valence-electron chi connectivity index (χ1n) is 14.3. The number of amides is 2. The average Bonchev–Trinajstić information content (AvgIpc) is 3.03. The molecule has 236 valence electrons. The number of anilines is 1. The highest BCUT2D eigenvalue weighted by Crippen LogP contribution is 2.35. The van der Waals surface area contributed by atoms with Crippen LogP contribution in [0.4, 0.5) is 5.69 Å². The van der Waals surface area contributed by atoms with Gasteiger partial charge in [-0.2, -0.15) is 0 Å². The van der Waals surface area contributed by atoms with E-state index in [-0.39, 0.29) is 45.5 Å². The summed E-state index contributed by atoms with van der Waals surface area (Å²) in [5.41, 5.74) is 1.56. The van der Waals surface area contributed by atoms with Gasteiger partial charge in [-0.05, 0) is 61.4 Å². The van der Waals surface area contributed by atoms with Crippen molar-refractivity contribution in [2.24, 2.45) is 0 Å². The highest BCUT2D eigenvalue weighted by molar-refractivity contribution is 7.92. The molecule has 2 amide bonds. The molecule has 0 radical (unpaired) electrons. The van der Waals surface area contributed by atoms with Crippen LogP contribution in [0.2, 0.25) is 10.0 Å². The first kappa shape index (κ1) is 33.8. The van der Waals surface area contributed by atoms with E-state index in [2.05, 4.69) is 5.32 Å². The van der Waals surface area contributed by atoms with Crippen LogP contribution in [0.5, 0.6) is 5.75 Å². The number of methoxy groups -OCH3 is 1. The lowest BCUT2D eigenvalue weighted by Crippen LogP contribution is -2.54. The first-order chi connectivity index (χ1) is 21.5. The molecule has 4 aromatic carbocycles. The molecule has 8 nitrogen and oxygen atoms in total. The maximum Gasteiger partial charge on any atom is 0.264 e. The van der Waals surface area contributed by atoms with Gasteiger partial charge in [-0.25, -0.2) is 8.42 Å². The molecule has 4 rings (SSSR count). The first-order valence-corrected chi connectivity index (χ1v) is 16.5. The second-order valence-electron chi connectivity index (χ2n) is 10.6. The smallest absolute Gasteiger partial charge is 0.264 e. The molecule has 0 aliphatic heterocycles. The number of carbonyl (C=O) groups excluding carboxylic acids is 2. The van der Waals surface area contributed by atoms with Gasteiger partial charge >= 0.3 is 0 Å². The molecule has 4 aromatic rings. The van der Waals surface area contributed by atoms with E-state index >= 15 is 0 Å². The summed E-state index contributed by atoms with van der Waals surface area (Å²) in [7, 11) is -2.77. The number of hydrogen-bond acceptors (Lipinski definition) is 5. The van der Waals surface area contributed by atoms with Crippen LogP contribution in [0.25, 0.3) is 0 Å². The second kappa shape index (κ2) is 15.3. The molecule has 0 aliphatic rings. The number of halogens is 2. The number of nitrogens with one attached hydrogen (secondary N) is 1. The molecule has 11 heteroatoms. The summed E-state index contributed by atoms with van der Waals surface area (Å²) in [4.78, 5) is 29.7. The van der Waals surface area contributed by atoms with Crippen molar-refractivity contribution in [3.05, 3.63) is 124 Å². The SMILES string of the molecule is COc1cccc(CN(C(=O)CN(c2cccc(Cl)c2Cl)S(=O)(=O)c2ccccc2)[C@@H](Cc2ccccc2)C(=O)NC(C)C)c1. The predicted octanol–water partition coefficient (Wildman–Crippen LogP) is 6.36. The van der Waals surface area contributed by atoms with Crippen molar-refractivity contribution in [2.75, 3.05) is 18.0 Å². The van der Waals surface area contributed by atoms with E-state index in [0.29, 0.717) is 11.3 Å². The molecule has 0 aromatic heterocycles. The van der Waals surface area contributed by atoms with Crippen LogP contribution in [0.15, 0.2) is 108 Å². The monoisotopic (exact) mass is 667 g/mol. The zero-order chi connectivity index (χ0) is 32.6. The molecule has 45 heavy (non-hydrogen) atoms. The Morgan fingerprint density at radius 2 is 1.47 bits per heavy atom. The van der Waals surface area contributed by atoms with E-state index in [1.807, 2.05) is 50.2 Å². The fourth-order valence-electron chi connectivity index (χ4n) is 4.82. The van der Waals surface area contributed by atoms with E-state index < -0.39 is 28.5 Å². The lowest BCUT2D eigenvalue weighted by Gasteiger charge is -2.34. The maximum absolute atomic E-state index is 14.5. The molecular formula is C34H35Cl2N3O5S. The zero-order valence-corrected chi connectivity index (χ0v) is 27.5. The summed E-state index contributed by atoms with van der Waals surface area (Å²) in [5, 5.41) is 3.04. The third kappa shape index (κ3) is 8.57. The van der Waals surface area contributed by atoms with Crippen molar-refractivity contribution in [1.29, 1.82) is 0 Å². The number of sulfonamides is 1. The van der Waals surface area contributed by atoms with Crippen molar-refractivity contribution in [3.8, 4) is 5.75 Å². The Kier molecular flexibility index (Phi) is 11.5. The molecule has 1 N–H and O–H groups in total. The summed E-state index contributed by atoms with van der Waals surface area (Å²) in [5.74, 6) is -0.415. The molecular weight excluding hydrogens is 633 g/mol. The third-order valence-corrected chi connectivity index (χ3v) is 9.58. The fraction of sp³-hybridized carbons (Fsp3) is 0.235. The van der Waals surface area contributed by atoms with Crippen LogP contribution in [0.3, 0.4) is 0 Å². The van der Waals surface area contributed by atoms with Gasteiger partial charge in [0.1, 0.15) is 18.3 Å². The number of nitrogens with zero attached hydrogens (tertiary/aromatic N) is 2. The van der Waals surface area contributed by atoms with Gasteiger partial charge in [-0.15, -0.1) is 0 Å². The molecule has 0 spiro atoms. The van der Waals surface area contributed by atoms with E-state index in [0.717, 1.165) is 9.87 Å². The lowest BCUT2D eigenvalue weighted by atomic mass is 10.0. The summed E-state index contributed by atoms with van der Waals surface area (Å²) in [6.45, 7) is 3.02. The van der Waals surface area contributed by atoms with Gasteiger partial charge in [0, 0.05) is 19.0 Å². The van der Waals surface area contributed by atoms with E-state index in [9.17, 15) is 18.0 Å². The highest BCUT2D eigenvalue weighted by Gasteiger charge is 2.35. The number of rotatable bonds is 13. The minimum Gasteiger partial charge on any atom is -0.497 e. The minimum atomic E-state index is -4.31. The van der Waals surface area contributed by atoms with Gasteiger partial charge in [0.05, 0.1) is 27.7 Å².